The fourth-order valence-electron chi connectivity index (χ4n) is 4.31. The number of methoxy groups -OCH3 is 2. The Morgan fingerprint density at radius 3 is 2.43 bits per heavy atom. The van der Waals surface area contributed by atoms with E-state index < -0.39 is 0 Å². The Hall–Kier alpha value is -2.52. The van der Waals surface area contributed by atoms with Crippen molar-refractivity contribution in [3.05, 3.63) is 34.4 Å². The average Bonchev–Trinajstić information content (AvgIpc) is 2.84. The molecule has 8 nitrogen and oxygen atoms in total. The number of aromatic nitrogens is 2. The minimum Gasteiger partial charge on any atom is -0.495 e. The summed E-state index contributed by atoms with van der Waals surface area (Å²) in [4.78, 5) is 9.60. The maximum atomic E-state index is 6.69. The number of hydrogen-bond donors (Lipinski definition) is 2. The van der Waals surface area contributed by atoms with Crippen LogP contribution in [0.5, 0.6) is 11.5 Å². The van der Waals surface area contributed by atoms with E-state index in [1.54, 1.807) is 20.3 Å². The highest BCUT2D eigenvalue weighted by Crippen LogP contribution is 2.46. The Balaban J connectivity index is 1.58. The summed E-state index contributed by atoms with van der Waals surface area (Å²) >= 11 is 13.4. The van der Waals surface area contributed by atoms with E-state index >= 15 is 0 Å². The molecule has 35 heavy (non-hydrogen) atoms. The first-order chi connectivity index (χ1) is 17.1. The van der Waals surface area contributed by atoms with Gasteiger partial charge in [0.05, 0.1) is 55.8 Å². The number of anilines is 2. The van der Waals surface area contributed by atoms with Gasteiger partial charge in [-0.1, -0.05) is 23.2 Å². The highest BCUT2D eigenvalue weighted by molar-refractivity contribution is 6.41. The zero-order valence-corrected chi connectivity index (χ0v) is 21.2. The number of halogens is 2. The monoisotopic (exact) mass is 518 g/mol. The van der Waals surface area contributed by atoms with Gasteiger partial charge in [0, 0.05) is 47.7 Å². The van der Waals surface area contributed by atoms with Crippen LogP contribution in [0, 0.1) is 5.92 Å². The highest BCUT2D eigenvalue weighted by Gasteiger charge is 2.23. The van der Waals surface area contributed by atoms with Gasteiger partial charge in [0.1, 0.15) is 23.1 Å². The van der Waals surface area contributed by atoms with Gasteiger partial charge >= 0.3 is 0 Å². The van der Waals surface area contributed by atoms with Gasteiger partial charge in [0.25, 0.3) is 0 Å². The second kappa shape index (κ2) is 10.6. The lowest BCUT2D eigenvalue weighted by Crippen LogP contribution is -2.33. The highest BCUT2D eigenvalue weighted by atomic mass is 35.5. The normalized spacial score (nSPS) is 18.2. The van der Waals surface area contributed by atoms with Crippen molar-refractivity contribution in [3.63, 3.8) is 0 Å². The number of nitrogens with zero attached hydrogens (tertiary/aromatic N) is 2. The Bertz CT molecular complexity index is 1190. The topological polar surface area (TPSA) is 86.8 Å². The molecular weight excluding hydrogens is 491 g/mol. The summed E-state index contributed by atoms with van der Waals surface area (Å²) in [5.74, 6) is 2.87. The molecule has 2 fully saturated rings. The van der Waals surface area contributed by atoms with Crippen LogP contribution < -0.4 is 20.1 Å². The Kier molecular flexibility index (Phi) is 7.34. The van der Waals surface area contributed by atoms with E-state index in [2.05, 4.69) is 15.6 Å². The second-order valence-corrected chi connectivity index (χ2v) is 9.53. The molecule has 5 rings (SSSR count). The number of hydrogen-bond acceptors (Lipinski definition) is 8. The van der Waals surface area contributed by atoms with Gasteiger partial charge in [-0.05, 0) is 25.0 Å². The summed E-state index contributed by atoms with van der Waals surface area (Å²) < 4.78 is 21.8. The van der Waals surface area contributed by atoms with Crippen molar-refractivity contribution in [2.75, 3.05) is 57.8 Å². The second-order valence-electron chi connectivity index (χ2n) is 8.77. The number of nitrogens with one attached hydrogen (secondary N) is 2. The molecule has 1 aromatic carbocycles. The first-order valence-corrected chi connectivity index (χ1v) is 12.4. The molecule has 1 atom stereocenters. The molecule has 0 saturated carbocycles. The molecular formula is C25H28Cl2N4O4. The largest absolute Gasteiger partial charge is 0.495 e. The summed E-state index contributed by atoms with van der Waals surface area (Å²) in [6, 6.07) is 5.86. The van der Waals surface area contributed by atoms with Gasteiger partial charge in [-0.3, -0.25) is 0 Å². The fraction of sp³-hybridized carbons (Fsp3) is 0.440. The van der Waals surface area contributed by atoms with Gasteiger partial charge < -0.3 is 29.6 Å². The molecule has 0 amide bonds. The Morgan fingerprint density at radius 1 is 1.03 bits per heavy atom. The molecule has 1 unspecified atom stereocenters. The van der Waals surface area contributed by atoms with Crippen LogP contribution >= 0.6 is 23.2 Å². The summed E-state index contributed by atoms with van der Waals surface area (Å²) in [6.07, 6.45) is 3.93. The van der Waals surface area contributed by atoms with Crippen LogP contribution in [0.15, 0.2) is 24.4 Å². The zero-order valence-electron chi connectivity index (χ0n) is 19.7. The number of rotatable bonds is 8. The molecule has 186 valence electrons. The van der Waals surface area contributed by atoms with Crippen LogP contribution in [-0.2, 0) is 9.47 Å². The standard InChI is InChI=1S/C25H28Cl2N4O4/c1-32-19-8-20(33-2)24(27)22(23(19)26)18-6-15-10-28-21(30-16-4-3-5-34-13-16)7-17(15)25(31-18)29-9-14-11-35-12-14/h6-8,10,14,16H,3-5,9,11-13H2,1-2H3,(H,28,30)(H,29,31). The molecule has 4 heterocycles. The molecule has 2 aliphatic rings. The third kappa shape index (κ3) is 5.07. The van der Waals surface area contributed by atoms with Crippen molar-refractivity contribution >= 4 is 45.6 Å². The predicted molar refractivity (Wildman–Crippen MR) is 138 cm³/mol. The molecule has 0 radical (unpaired) electrons. The van der Waals surface area contributed by atoms with Crippen LogP contribution in [0.3, 0.4) is 0 Å². The summed E-state index contributed by atoms with van der Waals surface area (Å²) in [5.41, 5.74) is 1.14. The van der Waals surface area contributed by atoms with Crippen LogP contribution in [0.2, 0.25) is 10.0 Å². The zero-order chi connectivity index (χ0) is 24.4. The van der Waals surface area contributed by atoms with Gasteiger partial charge in [-0.2, -0.15) is 0 Å². The first-order valence-electron chi connectivity index (χ1n) is 11.6. The Labute approximate surface area is 214 Å². The van der Waals surface area contributed by atoms with Crippen LogP contribution in [0.25, 0.3) is 22.0 Å². The van der Waals surface area contributed by atoms with Crippen molar-refractivity contribution in [2.24, 2.45) is 5.92 Å². The van der Waals surface area contributed by atoms with Gasteiger partial charge in [-0.25, -0.2) is 9.97 Å². The van der Waals surface area contributed by atoms with E-state index in [-0.39, 0.29) is 6.04 Å². The van der Waals surface area contributed by atoms with Gasteiger partial charge in [-0.15, -0.1) is 0 Å². The number of benzene rings is 1. The minimum absolute atomic E-state index is 0.242. The van der Waals surface area contributed by atoms with E-state index in [1.807, 2.05) is 18.3 Å². The molecule has 0 spiro atoms. The average molecular weight is 519 g/mol. The van der Waals surface area contributed by atoms with Crippen molar-refractivity contribution in [3.8, 4) is 22.8 Å². The first kappa shape index (κ1) is 24.2. The van der Waals surface area contributed by atoms with Crippen LogP contribution in [-0.4, -0.2) is 63.2 Å². The molecule has 3 aromatic rings. The van der Waals surface area contributed by atoms with E-state index in [1.165, 1.54) is 0 Å². The SMILES string of the molecule is COc1cc(OC)c(Cl)c(-c2cc3cnc(NC4CCCOC4)cc3c(NCC3COC3)n2)c1Cl. The van der Waals surface area contributed by atoms with Crippen LogP contribution in [0.1, 0.15) is 12.8 Å². The quantitative estimate of drug-likeness (QED) is 0.417. The molecule has 2 saturated heterocycles. The number of fused-ring (bicyclic) bond motifs is 1. The summed E-state index contributed by atoms with van der Waals surface area (Å²) in [6.45, 7) is 3.72. The summed E-state index contributed by atoms with van der Waals surface area (Å²) in [5, 5.41) is 9.59. The lowest BCUT2D eigenvalue weighted by Gasteiger charge is -2.27. The number of ether oxygens (including phenoxy) is 4. The van der Waals surface area contributed by atoms with Crippen molar-refractivity contribution in [1.29, 1.82) is 0 Å². The van der Waals surface area contributed by atoms with Crippen LogP contribution in [0.4, 0.5) is 11.6 Å². The predicted octanol–water partition coefficient (Wildman–Crippen LogP) is 5.27. The molecule has 10 heteroatoms. The van der Waals surface area contributed by atoms with Crippen molar-refractivity contribution in [2.45, 2.75) is 18.9 Å². The molecule has 2 aliphatic heterocycles. The fourth-order valence-corrected chi connectivity index (χ4v) is 5.00. The van der Waals surface area contributed by atoms with E-state index in [9.17, 15) is 0 Å². The third-order valence-corrected chi connectivity index (χ3v) is 7.07. The van der Waals surface area contributed by atoms with Gasteiger partial charge in [0.2, 0.25) is 0 Å². The molecule has 2 aromatic heterocycles. The lowest BCUT2D eigenvalue weighted by atomic mass is 10.1. The maximum Gasteiger partial charge on any atom is 0.141 e. The van der Waals surface area contributed by atoms with Crippen molar-refractivity contribution < 1.29 is 18.9 Å². The lowest BCUT2D eigenvalue weighted by molar-refractivity contribution is -0.0248. The van der Waals surface area contributed by atoms with E-state index in [4.69, 9.17) is 47.1 Å². The third-order valence-electron chi connectivity index (χ3n) is 6.32. The Morgan fingerprint density at radius 2 is 1.80 bits per heavy atom. The smallest absolute Gasteiger partial charge is 0.141 e. The number of pyridine rings is 2. The van der Waals surface area contributed by atoms with E-state index in [0.29, 0.717) is 45.3 Å². The summed E-state index contributed by atoms with van der Waals surface area (Å²) in [7, 11) is 3.10. The van der Waals surface area contributed by atoms with E-state index in [0.717, 1.165) is 61.6 Å². The maximum absolute atomic E-state index is 6.69. The molecule has 0 aliphatic carbocycles. The molecule has 2 N–H and O–H groups in total. The minimum atomic E-state index is 0.242. The van der Waals surface area contributed by atoms with Gasteiger partial charge in [0.15, 0.2) is 0 Å². The van der Waals surface area contributed by atoms with Crippen molar-refractivity contribution in [1.82, 2.24) is 9.97 Å². The molecule has 0 bridgehead atoms.